The van der Waals surface area contributed by atoms with Gasteiger partial charge in [-0.25, -0.2) is 4.57 Å². The molecule has 0 bridgehead atoms. The lowest BCUT2D eigenvalue weighted by atomic mass is 10.2. The molecule has 0 fully saturated rings. The first-order chi connectivity index (χ1) is 6.55. The van der Waals surface area contributed by atoms with Gasteiger partial charge in [0.25, 0.3) is 0 Å². The summed E-state index contributed by atoms with van der Waals surface area (Å²) in [5, 5.41) is 0. The Kier molecular flexibility index (Phi) is 21.4. The zero-order valence-corrected chi connectivity index (χ0v) is 9.40. The van der Waals surface area contributed by atoms with Crippen LogP contribution in [0.4, 0.5) is 0 Å². The Balaban J connectivity index is -0.000000282. The van der Waals surface area contributed by atoms with Crippen molar-refractivity contribution in [1.82, 2.24) is 0 Å². The molecule has 0 saturated heterocycles. The molecule has 2 atom stereocenters. The predicted molar refractivity (Wildman–Crippen MR) is 71.8 cm³/mol. The quantitative estimate of drug-likeness (QED) is 0.523. The minimum atomic E-state index is -3.99. The average Bonchev–Trinajstić information content (AvgIpc) is 2.12. The number of hydrogen-bond donors (Lipinski definition) is 2. The lowest BCUT2D eigenvalue weighted by molar-refractivity contribution is 0.0345. The normalized spacial score (nSPS) is 14.6. The Morgan fingerprint density at radius 3 is 2.18 bits per heavy atom. The largest absolute Gasteiger partial charge is 0.473 e. The lowest BCUT2D eigenvalue weighted by Crippen LogP contribution is -2.18. The summed E-state index contributed by atoms with van der Waals surface area (Å²) in [5.41, 5.74) is 4.95. The molecule has 0 rings (SSSR count). The molecule has 6 nitrogen and oxygen atoms in total. The van der Waals surface area contributed by atoms with Gasteiger partial charge in [-0.15, -0.1) is 0 Å². The molecule has 0 radical (unpaired) electrons. The Hall–Kier alpha value is 0.0300. The van der Waals surface area contributed by atoms with Crippen LogP contribution in [-0.2, 0) is 18.3 Å². The smallest absolute Gasteiger partial charge is 0.379 e. The molecule has 17 heavy (non-hydrogen) atoms. The van der Waals surface area contributed by atoms with Gasteiger partial charge in [-0.3, -0.25) is 9.05 Å². The molecule has 0 heterocycles. The van der Waals surface area contributed by atoms with E-state index in [0.29, 0.717) is 0 Å². The standard InChI is InChI=1S/C7H18NO5P.3CH4/c1-3-4-7(11-2)5-12-14(9,10)13-6-8;;;/h7H,3-6,8H2,1-2H3,(H,9,10);3*1H4. The number of phosphoric acid groups is 1. The van der Waals surface area contributed by atoms with Crippen molar-refractivity contribution in [3.05, 3.63) is 0 Å². The Bertz CT molecular complexity index is 192. The van der Waals surface area contributed by atoms with Crippen LogP contribution >= 0.6 is 7.82 Å². The van der Waals surface area contributed by atoms with E-state index < -0.39 is 7.82 Å². The first-order valence-corrected chi connectivity index (χ1v) is 5.90. The number of ether oxygens (including phenoxy) is 1. The van der Waals surface area contributed by atoms with Crippen molar-refractivity contribution in [3.8, 4) is 0 Å². The van der Waals surface area contributed by atoms with Gasteiger partial charge in [0.1, 0.15) is 6.73 Å². The summed E-state index contributed by atoms with van der Waals surface area (Å²) in [5.74, 6) is 0. The van der Waals surface area contributed by atoms with E-state index in [0.717, 1.165) is 12.8 Å². The van der Waals surface area contributed by atoms with E-state index in [1.54, 1.807) is 0 Å². The fraction of sp³-hybridized carbons (Fsp3) is 1.00. The summed E-state index contributed by atoms with van der Waals surface area (Å²) in [6.45, 7) is 1.66. The van der Waals surface area contributed by atoms with E-state index in [-0.39, 0.29) is 41.7 Å². The third-order valence-electron chi connectivity index (χ3n) is 1.61. The van der Waals surface area contributed by atoms with Gasteiger partial charge < -0.3 is 15.4 Å². The molecule has 110 valence electrons. The molecule has 2 unspecified atom stereocenters. The maximum absolute atomic E-state index is 11.0. The summed E-state index contributed by atoms with van der Waals surface area (Å²) in [6.07, 6.45) is 1.48. The van der Waals surface area contributed by atoms with Crippen LogP contribution in [0.1, 0.15) is 42.0 Å². The van der Waals surface area contributed by atoms with Crippen molar-refractivity contribution in [2.45, 2.75) is 48.1 Å². The van der Waals surface area contributed by atoms with Crippen LogP contribution in [0.2, 0.25) is 0 Å². The molecule has 3 N–H and O–H groups in total. The third-order valence-corrected chi connectivity index (χ3v) is 2.56. The second-order valence-electron chi connectivity index (χ2n) is 2.71. The minimum absolute atomic E-state index is 0. The van der Waals surface area contributed by atoms with Crippen molar-refractivity contribution in [1.29, 1.82) is 0 Å². The second kappa shape index (κ2) is 14.1. The van der Waals surface area contributed by atoms with Crippen LogP contribution < -0.4 is 5.73 Å². The highest BCUT2D eigenvalue weighted by molar-refractivity contribution is 7.47. The van der Waals surface area contributed by atoms with Crippen LogP contribution in [0.5, 0.6) is 0 Å². The Morgan fingerprint density at radius 1 is 1.29 bits per heavy atom. The summed E-state index contributed by atoms with van der Waals surface area (Å²) >= 11 is 0. The molecule has 0 aliphatic heterocycles. The molecule has 7 heteroatoms. The van der Waals surface area contributed by atoms with Crippen LogP contribution in [0.3, 0.4) is 0 Å². The van der Waals surface area contributed by atoms with Gasteiger partial charge in [-0.05, 0) is 6.42 Å². The number of hydrogen-bond acceptors (Lipinski definition) is 5. The Labute approximate surface area is 106 Å². The van der Waals surface area contributed by atoms with Gasteiger partial charge in [-0.1, -0.05) is 35.6 Å². The van der Waals surface area contributed by atoms with Gasteiger partial charge in [0.15, 0.2) is 0 Å². The third kappa shape index (κ3) is 14.0. The molecule has 0 aliphatic rings. The molecule has 0 aromatic rings. The SMILES string of the molecule is C.C.C.CCCC(COP(=O)(O)OCN)OC. The zero-order valence-electron chi connectivity index (χ0n) is 8.51. The summed E-state index contributed by atoms with van der Waals surface area (Å²) in [7, 11) is -2.46. The lowest BCUT2D eigenvalue weighted by Gasteiger charge is -2.16. The van der Waals surface area contributed by atoms with Crippen molar-refractivity contribution < 1.29 is 23.2 Å². The number of rotatable bonds is 8. The number of phosphoric ester groups is 1. The molecule has 0 aromatic heterocycles. The Morgan fingerprint density at radius 2 is 1.82 bits per heavy atom. The van der Waals surface area contributed by atoms with Gasteiger partial charge in [0, 0.05) is 7.11 Å². The van der Waals surface area contributed by atoms with Gasteiger partial charge in [0.2, 0.25) is 0 Å². The van der Waals surface area contributed by atoms with Gasteiger partial charge >= 0.3 is 7.82 Å². The molecular weight excluding hydrogens is 245 g/mol. The van der Waals surface area contributed by atoms with Crippen molar-refractivity contribution >= 4 is 7.82 Å². The highest BCUT2D eigenvalue weighted by Gasteiger charge is 2.22. The fourth-order valence-electron chi connectivity index (χ4n) is 0.900. The number of methoxy groups -OCH3 is 1. The van der Waals surface area contributed by atoms with Crippen LogP contribution in [0, 0.1) is 0 Å². The first-order valence-electron chi connectivity index (χ1n) is 4.40. The van der Waals surface area contributed by atoms with E-state index >= 15 is 0 Å². The minimum Gasteiger partial charge on any atom is -0.379 e. The van der Waals surface area contributed by atoms with Crippen molar-refractivity contribution in [3.63, 3.8) is 0 Å². The fourth-order valence-corrected chi connectivity index (χ4v) is 1.52. The van der Waals surface area contributed by atoms with Crippen LogP contribution in [-0.4, -0.2) is 31.4 Å². The average molecular weight is 275 g/mol. The van der Waals surface area contributed by atoms with E-state index in [9.17, 15) is 4.57 Å². The molecule has 0 saturated carbocycles. The van der Waals surface area contributed by atoms with E-state index in [4.69, 9.17) is 15.4 Å². The van der Waals surface area contributed by atoms with E-state index in [1.807, 2.05) is 6.92 Å². The van der Waals surface area contributed by atoms with E-state index in [2.05, 4.69) is 9.05 Å². The summed E-state index contributed by atoms with van der Waals surface area (Å²) in [6, 6.07) is 0. The molecule has 0 aromatic carbocycles. The zero-order chi connectivity index (χ0) is 11.0. The predicted octanol–water partition coefficient (Wildman–Crippen LogP) is 2.76. The van der Waals surface area contributed by atoms with Gasteiger partial charge in [0.05, 0.1) is 12.7 Å². The van der Waals surface area contributed by atoms with Crippen LogP contribution in [0.25, 0.3) is 0 Å². The molecule has 0 spiro atoms. The first kappa shape index (κ1) is 25.8. The second-order valence-corrected chi connectivity index (χ2v) is 4.16. The van der Waals surface area contributed by atoms with Gasteiger partial charge in [-0.2, -0.15) is 0 Å². The summed E-state index contributed by atoms with van der Waals surface area (Å²) < 4.78 is 25.0. The summed E-state index contributed by atoms with van der Waals surface area (Å²) in [4.78, 5) is 9.00. The highest BCUT2D eigenvalue weighted by Crippen LogP contribution is 2.42. The van der Waals surface area contributed by atoms with Crippen molar-refractivity contribution in [2.24, 2.45) is 5.73 Å². The topological polar surface area (TPSA) is 91.0 Å². The maximum Gasteiger partial charge on any atom is 0.473 e. The molecule has 0 aliphatic carbocycles. The van der Waals surface area contributed by atoms with Crippen molar-refractivity contribution in [2.75, 3.05) is 20.4 Å². The molecular formula is C10H30NO5P. The molecule has 0 amide bonds. The highest BCUT2D eigenvalue weighted by atomic mass is 31.2. The maximum atomic E-state index is 11.0. The monoisotopic (exact) mass is 275 g/mol. The van der Waals surface area contributed by atoms with Crippen LogP contribution in [0.15, 0.2) is 0 Å². The number of nitrogens with two attached hydrogens (primary N) is 1. The van der Waals surface area contributed by atoms with E-state index in [1.165, 1.54) is 7.11 Å².